The van der Waals surface area contributed by atoms with Crippen LogP contribution in [0.15, 0.2) is 4.52 Å². The third kappa shape index (κ3) is 1.72. The van der Waals surface area contributed by atoms with Gasteiger partial charge in [0.15, 0.2) is 4.77 Å². The van der Waals surface area contributed by atoms with Crippen LogP contribution in [0.25, 0.3) is 0 Å². The number of aromatic nitrogens is 4. The minimum Gasteiger partial charge on any atom is -0.361 e. The lowest BCUT2D eigenvalue weighted by molar-refractivity contribution is 0.392. The second-order valence-corrected chi connectivity index (χ2v) is 3.85. The van der Waals surface area contributed by atoms with Crippen LogP contribution in [0.5, 0.6) is 0 Å². The molecule has 6 heteroatoms. The van der Waals surface area contributed by atoms with Crippen molar-refractivity contribution in [1.29, 1.82) is 0 Å². The largest absolute Gasteiger partial charge is 0.361 e. The highest BCUT2D eigenvalue weighted by molar-refractivity contribution is 7.71. The molecule has 2 aromatic rings. The van der Waals surface area contributed by atoms with Crippen molar-refractivity contribution in [2.75, 3.05) is 0 Å². The monoisotopic (exact) mass is 224 g/mol. The summed E-state index contributed by atoms with van der Waals surface area (Å²) in [5.41, 5.74) is 1.96. The fraction of sp³-hybridized carbons (Fsp3) is 0.444. The van der Waals surface area contributed by atoms with Crippen molar-refractivity contribution < 1.29 is 4.52 Å². The normalized spacial score (nSPS) is 10.9. The molecule has 2 aromatic heterocycles. The lowest BCUT2D eigenvalue weighted by Gasteiger charge is -2.02. The number of nitrogens with one attached hydrogen (secondary N) is 1. The summed E-state index contributed by atoms with van der Waals surface area (Å²) < 4.78 is 7.63. The molecule has 0 fully saturated rings. The number of hydrogen-bond donors (Lipinski definition) is 1. The summed E-state index contributed by atoms with van der Waals surface area (Å²) in [5.74, 6) is 1.69. The summed E-state index contributed by atoms with van der Waals surface area (Å²) in [5, 5.41) is 10.7. The minimum atomic E-state index is 0.618. The first-order valence-corrected chi connectivity index (χ1v) is 5.04. The van der Waals surface area contributed by atoms with Gasteiger partial charge in [0.25, 0.3) is 0 Å². The fourth-order valence-corrected chi connectivity index (χ4v) is 1.71. The molecule has 1 N–H and O–H groups in total. The summed E-state index contributed by atoms with van der Waals surface area (Å²) in [7, 11) is 0. The van der Waals surface area contributed by atoms with Crippen molar-refractivity contribution in [3.63, 3.8) is 0 Å². The Bertz CT molecular complexity index is 517. The van der Waals surface area contributed by atoms with Gasteiger partial charge in [-0.3, -0.25) is 9.67 Å². The van der Waals surface area contributed by atoms with Gasteiger partial charge in [0.1, 0.15) is 11.6 Å². The molecule has 0 atom stereocenters. The lowest BCUT2D eigenvalue weighted by Crippen LogP contribution is -2.03. The van der Waals surface area contributed by atoms with Crippen LogP contribution >= 0.6 is 12.2 Å². The molecule has 2 heterocycles. The number of nitrogens with zero attached hydrogens (tertiary/aromatic N) is 3. The summed E-state index contributed by atoms with van der Waals surface area (Å²) in [6.45, 7) is 6.38. The molecule has 0 aliphatic heterocycles. The Morgan fingerprint density at radius 3 is 2.60 bits per heavy atom. The number of hydrogen-bond acceptors (Lipinski definition) is 4. The number of H-pyrrole nitrogens is 1. The average Bonchev–Trinajstić information content (AvgIpc) is 2.67. The molecule has 2 rings (SSSR count). The van der Waals surface area contributed by atoms with Crippen LogP contribution in [0, 0.1) is 25.5 Å². The summed E-state index contributed by atoms with van der Waals surface area (Å²) in [4.78, 5) is 0. The molecule has 0 saturated heterocycles. The minimum absolute atomic E-state index is 0.618. The van der Waals surface area contributed by atoms with Crippen molar-refractivity contribution in [2.24, 2.45) is 0 Å². The Labute approximate surface area is 92.1 Å². The van der Waals surface area contributed by atoms with Gasteiger partial charge in [0.05, 0.1) is 12.2 Å². The van der Waals surface area contributed by atoms with E-state index < -0.39 is 0 Å². The molecule has 0 aliphatic rings. The number of aryl methyl sites for hydroxylation is 3. The van der Waals surface area contributed by atoms with E-state index in [1.165, 1.54) is 0 Å². The fourth-order valence-electron chi connectivity index (χ4n) is 1.47. The van der Waals surface area contributed by atoms with Gasteiger partial charge < -0.3 is 4.52 Å². The van der Waals surface area contributed by atoms with Crippen molar-refractivity contribution >= 4 is 12.2 Å². The summed E-state index contributed by atoms with van der Waals surface area (Å²) in [6.07, 6.45) is 0. The summed E-state index contributed by atoms with van der Waals surface area (Å²) in [6, 6.07) is 0. The molecular weight excluding hydrogens is 212 g/mol. The van der Waals surface area contributed by atoms with E-state index in [1.54, 1.807) is 0 Å². The lowest BCUT2D eigenvalue weighted by atomic mass is 10.2. The van der Waals surface area contributed by atoms with Crippen LogP contribution in [0.2, 0.25) is 0 Å². The third-order valence-electron chi connectivity index (χ3n) is 2.45. The molecule has 15 heavy (non-hydrogen) atoms. The van der Waals surface area contributed by atoms with E-state index in [4.69, 9.17) is 16.7 Å². The Morgan fingerprint density at radius 2 is 2.13 bits per heavy atom. The van der Waals surface area contributed by atoms with Gasteiger partial charge >= 0.3 is 0 Å². The highest BCUT2D eigenvalue weighted by Gasteiger charge is 2.11. The van der Waals surface area contributed by atoms with Gasteiger partial charge in [-0.2, -0.15) is 5.10 Å². The van der Waals surface area contributed by atoms with Crippen molar-refractivity contribution in [3.8, 4) is 0 Å². The van der Waals surface area contributed by atoms with Gasteiger partial charge in [-0.1, -0.05) is 5.16 Å². The van der Waals surface area contributed by atoms with Crippen molar-refractivity contribution in [3.05, 3.63) is 27.6 Å². The maximum atomic E-state index is 5.13. The second kappa shape index (κ2) is 3.62. The predicted molar refractivity (Wildman–Crippen MR) is 57.2 cm³/mol. The number of rotatable bonds is 2. The Balaban J connectivity index is 2.42. The highest BCUT2D eigenvalue weighted by atomic mass is 32.1. The van der Waals surface area contributed by atoms with E-state index in [9.17, 15) is 0 Å². The van der Waals surface area contributed by atoms with Crippen LogP contribution < -0.4 is 0 Å². The zero-order valence-corrected chi connectivity index (χ0v) is 9.68. The van der Waals surface area contributed by atoms with Gasteiger partial charge in [0.2, 0.25) is 0 Å². The van der Waals surface area contributed by atoms with Crippen molar-refractivity contribution in [2.45, 2.75) is 27.3 Å². The molecule has 5 nitrogen and oxygen atoms in total. The van der Waals surface area contributed by atoms with Crippen molar-refractivity contribution in [1.82, 2.24) is 19.9 Å². The molecule has 0 bridgehead atoms. The first-order chi connectivity index (χ1) is 7.09. The standard InChI is InChI=1S/C9H12N4OS/c1-5-8(6(2)14-12-5)4-13-7(3)10-11-9(13)15/h4H2,1-3H3,(H,11,15). The van der Waals surface area contributed by atoms with Crippen LogP contribution in [0.1, 0.15) is 22.8 Å². The zero-order valence-electron chi connectivity index (χ0n) is 8.87. The van der Waals surface area contributed by atoms with Gasteiger partial charge in [0, 0.05) is 5.56 Å². The Hall–Kier alpha value is -1.43. The molecule has 0 unspecified atom stereocenters. The molecule has 0 radical (unpaired) electrons. The van der Waals surface area contributed by atoms with E-state index in [1.807, 2.05) is 25.3 Å². The molecular formula is C9H12N4OS. The first-order valence-electron chi connectivity index (χ1n) is 4.63. The maximum Gasteiger partial charge on any atom is 0.195 e. The topological polar surface area (TPSA) is 59.6 Å². The first kappa shape index (κ1) is 10.1. The smallest absolute Gasteiger partial charge is 0.195 e. The zero-order chi connectivity index (χ0) is 11.0. The van der Waals surface area contributed by atoms with Crippen LogP contribution in [-0.2, 0) is 6.54 Å². The molecule has 0 spiro atoms. The van der Waals surface area contributed by atoms with E-state index in [2.05, 4.69) is 15.4 Å². The van der Waals surface area contributed by atoms with E-state index in [0.717, 1.165) is 22.8 Å². The highest BCUT2D eigenvalue weighted by Crippen LogP contribution is 2.14. The Morgan fingerprint density at radius 1 is 1.40 bits per heavy atom. The molecule has 0 aliphatic carbocycles. The van der Waals surface area contributed by atoms with Crippen LogP contribution in [0.4, 0.5) is 0 Å². The third-order valence-corrected chi connectivity index (χ3v) is 2.76. The van der Waals surface area contributed by atoms with E-state index in [-0.39, 0.29) is 0 Å². The molecule has 0 aromatic carbocycles. The van der Waals surface area contributed by atoms with Gasteiger partial charge in [-0.15, -0.1) is 0 Å². The number of aromatic amines is 1. The summed E-state index contributed by atoms with van der Waals surface area (Å²) >= 11 is 5.13. The van der Waals surface area contributed by atoms with E-state index >= 15 is 0 Å². The SMILES string of the molecule is Cc1noc(C)c1Cn1c(C)n[nH]c1=S. The van der Waals surface area contributed by atoms with Crippen LogP contribution in [0.3, 0.4) is 0 Å². The Kier molecular flexibility index (Phi) is 2.44. The molecule has 80 valence electrons. The molecule has 0 saturated carbocycles. The van der Waals surface area contributed by atoms with Gasteiger partial charge in [-0.25, -0.2) is 0 Å². The quantitative estimate of drug-likeness (QED) is 0.791. The second-order valence-electron chi connectivity index (χ2n) is 3.46. The average molecular weight is 224 g/mol. The van der Waals surface area contributed by atoms with Gasteiger partial charge in [-0.05, 0) is 33.0 Å². The maximum absolute atomic E-state index is 5.13. The molecule has 0 amide bonds. The predicted octanol–water partition coefficient (Wildman–Crippen LogP) is 1.90. The van der Waals surface area contributed by atoms with Crippen LogP contribution in [-0.4, -0.2) is 19.9 Å². The van der Waals surface area contributed by atoms with E-state index in [0.29, 0.717) is 11.3 Å².